The lowest BCUT2D eigenvalue weighted by atomic mass is 10.3. The molecule has 0 radical (unpaired) electrons. The van der Waals surface area contributed by atoms with E-state index in [1.165, 1.54) is 0 Å². The van der Waals surface area contributed by atoms with Crippen molar-refractivity contribution in [2.24, 2.45) is 0 Å². The van der Waals surface area contributed by atoms with Gasteiger partial charge in [0.15, 0.2) is 0 Å². The number of Topliss-reactive ketones (excluding diaryl/α,β-unsaturated/α-hetero) is 1. The molecular formula is C10H20OS2. The number of rotatable bonds is 6. The normalized spacial score (nSPS) is 11.7. The Morgan fingerprint density at radius 2 is 1.46 bits per heavy atom. The van der Waals surface area contributed by atoms with Gasteiger partial charge >= 0.3 is 0 Å². The van der Waals surface area contributed by atoms with Crippen molar-refractivity contribution in [1.82, 2.24) is 0 Å². The molecule has 0 aromatic carbocycles. The van der Waals surface area contributed by atoms with E-state index in [9.17, 15) is 4.79 Å². The van der Waals surface area contributed by atoms with Gasteiger partial charge in [0.2, 0.25) is 0 Å². The fourth-order valence-electron chi connectivity index (χ4n) is 0.970. The number of thioether (sulfide) groups is 2. The molecule has 0 atom stereocenters. The van der Waals surface area contributed by atoms with Crippen LogP contribution in [0.3, 0.4) is 0 Å². The molecule has 0 saturated carbocycles. The van der Waals surface area contributed by atoms with E-state index in [1.54, 1.807) is 6.92 Å². The SMILES string of the molecule is CC(=O)CC(SC(C)C)SC(C)C. The van der Waals surface area contributed by atoms with E-state index < -0.39 is 0 Å². The first-order chi connectivity index (χ1) is 5.91. The molecule has 0 aliphatic heterocycles. The second-order valence-corrected chi connectivity index (χ2v) is 7.57. The third kappa shape index (κ3) is 8.69. The lowest BCUT2D eigenvalue weighted by Crippen LogP contribution is -2.10. The molecule has 13 heavy (non-hydrogen) atoms. The van der Waals surface area contributed by atoms with E-state index in [0.29, 0.717) is 27.3 Å². The molecule has 0 aromatic heterocycles. The molecule has 78 valence electrons. The molecule has 1 nitrogen and oxygen atoms in total. The van der Waals surface area contributed by atoms with Gasteiger partial charge in [-0.15, -0.1) is 23.5 Å². The Kier molecular flexibility index (Phi) is 6.96. The average Bonchev–Trinajstić information content (AvgIpc) is 1.80. The van der Waals surface area contributed by atoms with Gasteiger partial charge in [-0.25, -0.2) is 0 Å². The standard InChI is InChI=1S/C10H20OS2/c1-7(2)12-10(6-9(5)11)13-8(3)4/h7-8,10H,6H2,1-5H3. The molecule has 0 unspecified atom stereocenters. The van der Waals surface area contributed by atoms with Crippen LogP contribution >= 0.6 is 23.5 Å². The summed E-state index contributed by atoms with van der Waals surface area (Å²) in [6, 6.07) is 0. The van der Waals surface area contributed by atoms with Crippen molar-refractivity contribution in [2.75, 3.05) is 0 Å². The first-order valence-electron chi connectivity index (χ1n) is 4.72. The predicted molar refractivity (Wildman–Crippen MR) is 64.5 cm³/mol. The second kappa shape index (κ2) is 6.77. The largest absolute Gasteiger partial charge is 0.300 e. The third-order valence-electron chi connectivity index (χ3n) is 1.30. The predicted octanol–water partition coefficient (Wildman–Crippen LogP) is 3.57. The number of carbonyl (C=O) groups excluding carboxylic acids is 1. The molecule has 0 N–H and O–H groups in total. The number of hydrogen-bond acceptors (Lipinski definition) is 3. The summed E-state index contributed by atoms with van der Waals surface area (Å²) in [5.74, 6) is 0.298. The van der Waals surface area contributed by atoms with Gasteiger partial charge in [0.1, 0.15) is 5.78 Å². The summed E-state index contributed by atoms with van der Waals surface area (Å²) in [5.41, 5.74) is 0. The fourth-order valence-corrected chi connectivity index (χ4v) is 4.44. The van der Waals surface area contributed by atoms with Crippen LogP contribution in [-0.2, 0) is 4.79 Å². The molecule has 0 spiro atoms. The van der Waals surface area contributed by atoms with Crippen LogP contribution in [0.25, 0.3) is 0 Å². The van der Waals surface area contributed by atoms with E-state index in [0.717, 1.165) is 0 Å². The van der Waals surface area contributed by atoms with Crippen molar-refractivity contribution in [3.8, 4) is 0 Å². The molecule has 0 bridgehead atoms. The van der Waals surface area contributed by atoms with Crippen molar-refractivity contribution < 1.29 is 4.79 Å². The Morgan fingerprint density at radius 1 is 1.08 bits per heavy atom. The van der Waals surface area contributed by atoms with Gasteiger partial charge in [-0.2, -0.15) is 0 Å². The Morgan fingerprint density at radius 3 is 1.69 bits per heavy atom. The quantitative estimate of drug-likeness (QED) is 0.637. The van der Waals surface area contributed by atoms with Gasteiger partial charge < -0.3 is 0 Å². The minimum absolute atomic E-state index is 0.298. The van der Waals surface area contributed by atoms with Crippen LogP contribution < -0.4 is 0 Å². The highest BCUT2D eigenvalue weighted by atomic mass is 32.2. The van der Waals surface area contributed by atoms with Crippen LogP contribution in [0.2, 0.25) is 0 Å². The summed E-state index contributed by atoms with van der Waals surface area (Å²) in [4.78, 5) is 11.0. The molecule has 0 fully saturated rings. The molecule has 0 saturated heterocycles. The Balaban J connectivity index is 3.95. The summed E-state index contributed by atoms with van der Waals surface area (Å²) >= 11 is 3.80. The Bertz CT molecular complexity index is 145. The topological polar surface area (TPSA) is 17.1 Å². The zero-order valence-corrected chi connectivity index (χ0v) is 10.8. The maximum atomic E-state index is 11.0. The first-order valence-corrected chi connectivity index (χ1v) is 6.60. The van der Waals surface area contributed by atoms with Crippen molar-refractivity contribution in [2.45, 2.75) is 56.1 Å². The summed E-state index contributed by atoms with van der Waals surface area (Å²) in [6.07, 6.45) is 0.700. The average molecular weight is 220 g/mol. The molecule has 0 heterocycles. The van der Waals surface area contributed by atoms with Crippen LogP contribution in [0.15, 0.2) is 0 Å². The summed E-state index contributed by atoms with van der Waals surface area (Å²) in [5, 5.41) is 1.21. The van der Waals surface area contributed by atoms with Gasteiger partial charge in [0.05, 0.1) is 4.58 Å². The minimum Gasteiger partial charge on any atom is -0.300 e. The molecule has 3 heteroatoms. The van der Waals surface area contributed by atoms with Crippen LogP contribution in [0, 0.1) is 0 Å². The van der Waals surface area contributed by atoms with Crippen LogP contribution in [0.4, 0.5) is 0 Å². The molecule has 0 aliphatic rings. The van der Waals surface area contributed by atoms with Crippen LogP contribution in [0.1, 0.15) is 41.0 Å². The van der Waals surface area contributed by atoms with Crippen molar-refractivity contribution in [3.63, 3.8) is 0 Å². The third-order valence-corrected chi connectivity index (χ3v) is 4.00. The van der Waals surface area contributed by atoms with Crippen molar-refractivity contribution in [3.05, 3.63) is 0 Å². The van der Waals surface area contributed by atoms with Crippen molar-refractivity contribution >= 4 is 29.3 Å². The van der Waals surface area contributed by atoms with Crippen molar-refractivity contribution in [1.29, 1.82) is 0 Å². The zero-order valence-electron chi connectivity index (χ0n) is 9.16. The summed E-state index contributed by atoms with van der Waals surface area (Å²) in [6.45, 7) is 10.4. The van der Waals surface area contributed by atoms with E-state index in [1.807, 2.05) is 23.5 Å². The lowest BCUT2D eigenvalue weighted by molar-refractivity contribution is -0.116. The number of carbonyl (C=O) groups is 1. The van der Waals surface area contributed by atoms with E-state index in [4.69, 9.17) is 0 Å². The Labute approximate surface area is 90.4 Å². The highest BCUT2D eigenvalue weighted by Crippen LogP contribution is 2.32. The number of hydrogen-bond donors (Lipinski definition) is 0. The molecule has 0 rings (SSSR count). The fraction of sp³-hybridized carbons (Fsp3) is 0.900. The maximum Gasteiger partial charge on any atom is 0.131 e. The van der Waals surface area contributed by atoms with Gasteiger partial charge in [-0.3, -0.25) is 4.79 Å². The zero-order chi connectivity index (χ0) is 10.4. The highest BCUT2D eigenvalue weighted by molar-refractivity contribution is 8.17. The monoisotopic (exact) mass is 220 g/mol. The molecule has 0 aromatic rings. The highest BCUT2D eigenvalue weighted by Gasteiger charge is 2.15. The summed E-state index contributed by atoms with van der Waals surface area (Å²) < 4.78 is 0.442. The molecule has 0 amide bonds. The second-order valence-electron chi connectivity index (χ2n) is 3.71. The molecule has 0 aliphatic carbocycles. The Hall–Kier alpha value is 0.370. The van der Waals surface area contributed by atoms with Gasteiger partial charge in [-0.1, -0.05) is 27.7 Å². The first kappa shape index (κ1) is 13.4. The van der Waals surface area contributed by atoms with E-state index in [-0.39, 0.29) is 0 Å². The molecular weight excluding hydrogens is 200 g/mol. The summed E-state index contributed by atoms with van der Waals surface area (Å²) in [7, 11) is 0. The van der Waals surface area contributed by atoms with Gasteiger partial charge in [-0.05, 0) is 6.92 Å². The van der Waals surface area contributed by atoms with E-state index in [2.05, 4.69) is 27.7 Å². The van der Waals surface area contributed by atoms with Crippen LogP contribution in [-0.4, -0.2) is 20.9 Å². The number of ketones is 1. The van der Waals surface area contributed by atoms with Gasteiger partial charge in [0.25, 0.3) is 0 Å². The maximum absolute atomic E-state index is 11.0. The van der Waals surface area contributed by atoms with Gasteiger partial charge in [0, 0.05) is 16.9 Å². The lowest BCUT2D eigenvalue weighted by Gasteiger charge is -2.18. The van der Waals surface area contributed by atoms with E-state index >= 15 is 0 Å². The smallest absolute Gasteiger partial charge is 0.131 e. The van der Waals surface area contributed by atoms with Crippen LogP contribution in [0.5, 0.6) is 0 Å². The minimum atomic E-state index is 0.298.